The Morgan fingerprint density at radius 2 is 1.62 bits per heavy atom. The Balaban J connectivity index is 1.96. The molecule has 1 aliphatic rings. The van der Waals surface area contributed by atoms with Crippen LogP contribution in [-0.4, -0.2) is 16.1 Å². The molecule has 0 saturated heterocycles. The molecule has 1 aliphatic carbocycles. The van der Waals surface area contributed by atoms with Gasteiger partial charge >= 0.3 is 0 Å². The summed E-state index contributed by atoms with van der Waals surface area (Å²) < 4.78 is 1.98. The monoisotopic (exact) mass is 275 g/mol. The quantitative estimate of drug-likeness (QED) is 0.674. The predicted molar refractivity (Wildman–Crippen MR) is 80.5 cm³/mol. The second-order valence-corrected chi connectivity index (χ2v) is 5.35. The Morgan fingerprint density at radius 3 is 2.43 bits per heavy atom. The van der Waals surface area contributed by atoms with Gasteiger partial charge in [0.25, 0.3) is 0 Å². The van der Waals surface area contributed by atoms with Gasteiger partial charge in [-0.1, -0.05) is 48.5 Å². The minimum absolute atomic E-state index is 0.233. The van der Waals surface area contributed by atoms with Gasteiger partial charge in [0, 0.05) is 23.9 Å². The van der Waals surface area contributed by atoms with Crippen LogP contribution in [0.5, 0.6) is 0 Å². The fourth-order valence-corrected chi connectivity index (χ4v) is 3.12. The van der Waals surface area contributed by atoms with Gasteiger partial charge < -0.3 is 4.57 Å². The summed E-state index contributed by atoms with van der Waals surface area (Å²) in [7, 11) is 0. The fraction of sp³-hybridized carbons (Fsp3) is 0.111. The molecule has 0 N–H and O–H groups in total. The molecule has 0 amide bonds. The lowest BCUT2D eigenvalue weighted by atomic mass is 10.1. The van der Waals surface area contributed by atoms with E-state index in [2.05, 4.69) is 0 Å². The molecule has 4 rings (SSSR count). The van der Waals surface area contributed by atoms with Crippen molar-refractivity contribution in [3.8, 4) is 0 Å². The second kappa shape index (κ2) is 4.42. The third kappa shape index (κ3) is 1.74. The van der Waals surface area contributed by atoms with Crippen molar-refractivity contribution >= 4 is 22.5 Å². The summed E-state index contributed by atoms with van der Waals surface area (Å²) >= 11 is 0. The van der Waals surface area contributed by atoms with Crippen molar-refractivity contribution in [3.63, 3.8) is 0 Å². The van der Waals surface area contributed by atoms with Crippen LogP contribution in [0.15, 0.2) is 54.6 Å². The first-order valence-electron chi connectivity index (χ1n) is 6.97. The highest BCUT2D eigenvalue weighted by atomic mass is 16.2. The summed E-state index contributed by atoms with van der Waals surface area (Å²) in [4.78, 5) is 24.0. The number of Topliss-reactive ketones (excluding diaryl/α,β-unsaturated/α-hetero) is 2. The van der Waals surface area contributed by atoms with Crippen LogP contribution < -0.4 is 0 Å². The van der Waals surface area contributed by atoms with Crippen molar-refractivity contribution in [2.75, 3.05) is 0 Å². The number of carbonyl (C=O) groups excluding carboxylic acids is 2. The number of hydrogen-bond acceptors (Lipinski definition) is 2. The highest BCUT2D eigenvalue weighted by Gasteiger charge is 2.34. The summed E-state index contributed by atoms with van der Waals surface area (Å²) in [5.41, 5.74) is 3.60. The van der Waals surface area contributed by atoms with Gasteiger partial charge in [0.05, 0.1) is 5.69 Å². The Kier molecular flexibility index (Phi) is 2.54. The van der Waals surface area contributed by atoms with Crippen molar-refractivity contribution in [1.82, 2.24) is 4.57 Å². The minimum Gasteiger partial charge on any atom is -0.333 e. The number of fused-ring (bicyclic) bond motifs is 3. The van der Waals surface area contributed by atoms with Crippen molar-refractivity contribution in [1.29, 1.82) is 0 Å². The van der Waals surface area contributed by atoms with E-state index < -0.39 is 0 Å². The molecule has 21 heavy (non-hydrogen) atoms. The molecule has 0 aliphatic heterocycles. The first-order chi connectivity index (χ1) is 10.3. The maximum atomic E-state index is 12.2. The molecule has 1 heterocycles. The van der Waals surface area contributed by atoms with Crippen molar-refractivity contribution in [3.05, 3.63) is 71.4 Å². The van der Waals surface area contributed by atoms with Crippen LogP contribution in [-0.2, 0) is 17.8 Å². The van der Waals surface area contributed by atoms with E-state index in [9.17, 15) is 9.59 Å². The normalized spacial score (nSPS) is 13.9. The van der Waals surface area contributed by atoms with Crippen molar-refractivity contribution in [2.45, 2.75) is 13.0 Å². The van der Waals surface area contributed by atoms with E-state index in [1.165, 1.54) is 0 Å². The molecular formula is C18H13NO2. The largest absolute Gasteiger partial charge is 0.333 e. The van der Waals surface area contributed by atoms with E-state index in [1.54, 1.807) is 0 Å². The molecule has 0 fully saturated rings. The lowest BCUT2D eigenvalue weighted by molar-refractivity contribution is -0.114. The maximum absolute atomic E-state index is 12.2. The predicted octanol–water partition coefficient (Wildman–Crippen LogP) is 3.00. The molecule has 0 unspecified atom stereocenters. The number of carbonyl (C=O) groups is 2. The van der Waals surface area contributed by atoms with Gasteiger partial charge in [0.1, 0.15) is 0 Å². The number of aromatic nitrogens is 1. The van der Waals surface area contributed by atoms with Crippen LogP contribution in [0, 0.1) is 0 Å². The molecule has 3 heteroatoms. The highest BCUT2D eigenvalue weighted by Crippen LogP contribution is 2.32. The number of para-hydroxylation sites is 1. The number of ketones is 2. The lowest BCUT2D eigenvalue weighted by Gasteiger charge is -2.08. The van der Waals surface area contributed by atoms with Crippen LogP contribution in [0.2, 0.25) is 0 Å². The number of hydrogen-bond donors (Lipinski definition) is 0. The van der Waals surface area contributed by atoms with Gasteiger partial charge in [-0.05, 0) is 17.2 Å². The highest BCUT2D eigenvalue weighted by molar-refractivity contribution is 6.47. The van der Waals surface area contributed by atoms with Gasteiger partial charge in [-0.3, -0.25) is 9.59 Å². The Morgan fingerprint density at radius 1 is 0.905 bits per heavy atom. The average Bonchev–Trinajstić information content (AvgIpc) is 2.97. The van der Waals surface area contributed by atoms with Gasteiger partial charge in [-0.2, -0.15) is 0 Å². The second-order valence-electron chi connectivity index (χ2n) is 5.35. The fourth-order valence-electron chi connectivity index (χ4n) is 3.12. The summed E-state index contributed by atoms with van der Waals surface area (Å²) in [6, 6.07) is 17.9. The van der Waals surface area contributed by atoms with Crippen LogP contribution in [0.1, 0.15) is 21.6 Å². The minimum atomic E-state index is -0.350. The topological polar surface area (TPSA) is 39.1 Å². The smallest absolute Gasteiger partial charge is 0.245 e. The van der Waals surface area contributed by atoms with Crippen molar-refractivity contribution < 1.29 is 9.59 Å². The first kappa shape index (κ1) is 12.1. The summed E-state index contributed by atoms with van der Waals surface area (Å²) in [6.45, 7) is 0.607. The molecule has 102 valence electrons. The number of rotatable bonds is 2. The lowest BCUT2D eigenvalue weighted by Crippen LogP contribution is -2.13. The van der Waals surface area contributed by atoms with Crippen LogP contribution in [0.3, 0.4) is 0 Å². The summed E-state index contributed by atoms with van der Waals surface area (Å²) in [5, 5.41) is 1.02. The SMILES string of the molecule is O=C1Cc2c(n(Cc3ccccc3)c3ccccc23)C1=O. The van der Waals surface area contributed by atoms with Crippen LogP contribution in [0.4, 0.5) is 0 Å². The molecule has 2 aromatic carbocycles. The zero-order valence-corrected chi connectivity index (χ0v) is 11.4. The Labute approximate surface area is 121 Å². The van der Waals surface area contributed by atoms with Crippen LogP contribution in [0.25, 0.3) is 10.9 Å². The van der Waals surface area contributed by atoms with E-state index in [-0.39, 0.29) is 18.0 Å². The van der Waals surface area contributed by atoms with Gasteiger partial charge in [0.15, 0.2) is 0 Å². The Bertz CT molecular complexity index is 875. The zero-order chi connectivity index (χ0) is 14.4. The molecule has 0 bridgehead atoms. The molecular weight excluding hydrogens is 262 g/mol. The van der Waals surface area contributed by atoms with E-state index in [0.717, 1.165) is 22.0 Å². The third-order valence-corrected chi connectivity index (χ3v) is 4.06. The van der Waals surface area contributed by atoms with Gasteiger partial charge in [0.2, 0.25) is 11.6 Å². The number of benzene rings is 2. The van der Waals surface area contributed by atoms with E-state index in [0.29, 0.717) is 12.2 Å². The summed E-state index contributed by atoms with van der Waals surface area (Å²) in [6.07, 6.45) is 0.233. The van der Waals surface area contributed by atoms with Crippen molar-refractivity contribution in [2.24, 2.45) is 0 Å². The molecule has 0 atom stereocenters. The molecule has 3 nitrogen and oxygen atoms in total. The number of nitrogens with zero attached hydrogens (tertiary/aromatic N) is 1. The van der Waals surface area contributed by atoms with E-state index in [1.807, 2.05) is 59.2 Å². The first-order valence-corrected chi connectivity index (χ1v) is 6.97. The van der Waals surface area contributed by atoms with Gasteiger partial charge in [-0.15, -0.1) is 0 Å². The van der Waals surface area contributed by atoms with Gasteiger partial charge in [-0.25, -0.2) is 0 Å². The zero-order valence-electron chi connectivity index (χ0n) is 11.4. The van der Waals surface area contributed by atoms with E-state index in [4.69, 9.17) is 0 Å². The average molecular weight is 275 g/mol. The molecule has 0 saturated carbocycles. The summed E-state index contributed by atoms with van der Waals surface area (Å²) in [5.74, 6) is -0.648. The Hall–Kier alpha value is -2.68. The molecule has 0 radical (unpaired) electrons. The molecule has 1 aromatic heterocycles. The standard InChI is InChI=1S/C18H13NO2/c20-16-10-14-13-8-4-5-9-15(13)19(17(14)18(16)21)11-12-6-2-1-3-7-12/h1-9H,10-11H2. The maximum Gasteiger partial charge on any atom is 0.245 e. The van der Waals surface area contributed by atoms with Crippen LogP contribution >= 0.6 is 0 Å². The van der Waals surface area contributed by atoms with E-state index >= 15 is 0 Å². The molecule has 0 spiro atoms. The molecule has 3 aromatic rings. The third-order valence-electron chi connectivity index (χ3n) is 4.06.